The second-order valence-corrected chi connectivity index (χ2v) is 5.20. The van der Waals surface area contributed by atoms with Gasteiger partial charge in [-0.05, 0) is 53.0 Å². The van der Waals surface area contributed by atoms with E-state index in [2.05, 4.69) is 39.2 Å². The van der Waals surface area contributed by atoms with Crippen molar-refractivity contribution >= 4 is 0 Å². The summed E-state index contributed by atoms with van der Waals surface area (Å²) in [6, 6.07) is 0.366. The molecule has 0 spiro atoms. The largest absolute Gasteiger partial charge is 0.374 e. The summed E-state index contributed by atoms with van der Waals surface area (Å²) in [6.07, 6.45) is 10.00. The third-order valence-corrected chi connectivity index (χ3v) is 4.02. The Morgan fingerprint density at radius 2 is 2.12 bits per heavy atom. The maximum Gasteiger partial charge on any atom is 0.0842 e. The quantitative estimate of drug-likeness (QED) is 0.714. The first-order valence-electron chi connectivity index (χ1n) is 7.18. The smallest absolute Gasteiger partial charge is 0.0842 e. The molecule has 0 aliphatic heterocycles. The van der Waals surface area contributed by atoms with Crippen LogP contribution in [0.1, 0.15) is 59.3 Å². The Kier molecular flexibility index (Phi) is 6.21. The molecule has 2 nitrogen and oxygen atoms in total. The van der Waals surface area contributed by atoms with E-state index < -0.39 is 0 Å². The van der Waals surface area contributed by atoms with Crippen LogP contribution in [-0.4, -0.2) is 25.3 Å². The highest BCUT2D eigenvalue weighted by Crippen LogP contribution is 2.30. The molecule has 0 aromatic heterocycles. The summed E-state index contributed by atoms with van der Waals surface area (Å²) in [7, 11) is 2.06. The molecule has 100 valence electrons. The van der Waals surface area contributed by atoms with Crippen molar-refractivity contribution in [2.75, 3.05) is 13.7 Å². The molecule has 0 bridgehead atoms. The molecule has 0 aromatic rings. The lowest BCUT2D eigenvalue weighted by molar-refractivity contribution is -0.0457. The minimum absolute atomic E-state index is 0.0698. The Morgan fingerprint density at radius 3 is 2.71 bits per heavy atom. The highest BCUT2D eigenvalue weighted by atomic mass is 16.5. The van der Waals surface area contributed by atoms with E-state index in [1.54, 1.807) is 5.57 Å². The Hall–Kier alpha value is -0.340. The second kappa shape index (κ2) is 7.17. The molecule has 0 aromatic carbocycles. The Morgan fingerprint density at radius 1 is 1.35 bits per heavy atom. The van der Waals surface area contributed by atoms with Crippen molar-refractivity contribution in [1.82, 2.24) is 5.32 Å². The van der Waals surface area contributed by atoms with E-state index in [1.807, 2.05) is 0 Å². The van der Waals surface area contributed by atoms with Crippen LogP contribution < -0.4 is 5.32 Å². The van der Waals surface area contributed by atoms with Crippen molar-refractivity contribution in [3.8, 4) is 0 Å². The zero-order valence-corrected chi connectivity index (χ0v) is 12.0. The van der Waals surface area contributed by atoms with E-state index in [1.165, 1.54) is 32.1 Å². The maximum absolute atomic E-state index is 6.02. The predicted octanol–water partition coefficient (Wildman–Crippen LogP) is 3.67. The third-order valence-electron chi connectivity index (χ3n) is 4.02. The summed E-state index contributed by atoms with van der Waals surface area (Å²) in [5.41, 5.74) is 1.49. The lowest BCUT2D eigenvalue weighted by Gasteiger charge is -2.38. The van der Waals surface area contributed by atoms with Gasteiger partial charge in [0.1, 0.15) is 0 Å². The van der Waals surface area contributed by atoms with Gasteiger partial charge in [-0.1, -0.05) is 25.0 Å². The van der Waals surface area contributed by atoms with Gasteiger partial charge in [0.2, 0.25) is 0 Å². The first-order chi connectivity index (χ1) is 8.18. The minimum atomic E-state index is -0.0698. The van der Waals surface area contributed by atoms with Crippen molar-refractivity contribution in [2.45, 2.75) is 70.9 Å². The number of ether oxygens (including phenoxy) is 1. The molecule has 2 unspecified atom stereocenters. The lowest BCUT2D eigenvalue weighted by Crippen LogP contribution is -2.50. The number of nitrogens with one attached hydrogen (secondary N) is 1. The molecule has 0 radical (unpaired) electrons. The summed E-state index contributed by atoms with van der Waals surface area (Å²) in [6.45, 7) is 7.33. The van der Waals surface area contributed by atoms with Gasteiger partial charge in [0.25, 0.3) is 0 Å². The number of allylic oxidation sites excluding steroid dienone is 1. The van der Waals surface area contributed by atoms with Gasteiger partial charge < -0.3 is 10.1 Å². The average Bonchev–Trinajstić information content (AvgIpc) is 2.59. The number of hydrogen-bond acceptors (Lipinski definition) is 2. The van der Waals surface area contributed by atoms with Crippen molar-refractivity contribution in [3.63, 3.8) is 0 Å². The van der Waals surface area contributed by atoms with Crippen LogP contribution in [0.15, 0.2) is 11.6 Å². The van der Waals surface area contributed by atoms with Gasteiger partial charge in [0.05, 0.1) is 11.6 Å². The van der Waals surface area contributed by atoms with Gasteiger partial charge >= 0.3 is 0 Å². The molecule has 0 heterocycles. The van der Waals surface area contributed by atoms with Crippen LogP contribution >= 0.6 is 0 Å². The summed E-state index contributed by atoms with van der Waals surface area (Å²) in [5.74, 6) is 0. The highest BCUT2D eigenvalue weighted by molar-refractivity contribution is 5.17. The zero-order chi connectivity index (χ0) is 12.7. The molecule has 1 N–H and O–H groups in total. The standard InChI is InChI=1S/C15H29NO/c1-5-15(3,17-6-2)14(16-4)13-11-9-7-8-10-12-13/h11,14,16H,5-10,12H2,1-4H3. The SMILES string of the molecule is CCOC(C)(CC)C(NC)C1=CCCCCC1. The van der Waals surface area contributed by atoms with Crippen LogP contribution in [0, 0.1) is 0 Å². The zero-order valence-electron chi connectivity index (χ0n) is 12.0. The molecular formula is C15H29NO. The lowest BCUT2D eigenvalue weighted by atomic mass is 9.85. The molecule has 2 heteroatoms. The van der Waals surface area contributed by atoms with E-state index in [0.717, 1.165) is 13.0 Å². The average molecular weight is 239 g/mol. The summed E-state index contributed by atoms with van der Waals surface area (Å²) in [4.78, 5) is 0. The molecule has 17 heavy (non-hydrogen) atoms. The van der Waals surface area contributed by atoms with Crippen molar-refractivity contribution in [1.29, 1.82) is 0 Å². The van der Waals surface area contributed by atoms with E-state index in [0.29, 0.717) is 6.04 Å². The highest BCUT2D eigenvalue weighted by Gasteiger charge is 2.34. The second-order valence-electron chi connectivity index (χ2n) is 5.20. The normalized spacial score (nSPS) is 22.5. The Bertz CT molecular complexity index is 249. The van der Waals surface area contributed by atoms with Crippen LogP contribution in [0.3, 0.4) is 0 Å². The Labute approximate surface area is 107 Å². The maximum atomic E-state index is 6.02. The van der Waals surface area contributed by atoms with Gasteiger partial charge in [0, 0.05) is 6.61 Å². The van der Waals surface area contributed by atoms with Crippen LogP contribution in [0.2, 0.25) is 0 Å². The number of likely N-dealkylation sites (N-methyl/N-ethyl adjacent to an activating group) is 1. The summed E-state index contributed by atoms with van der Waals surface area (Å²) in [5, 5.41) is 3.48. The summed E-state index contributed by atoms with van der Waals surface area (Å²) >= 11 is 0. The molecule has 0 amide bonds. The topological polar surface area (TPSA) is 21.3 Å². The van der Waals surface area contributed by atoms with Gasteiger partial charge in [-0.3, -0.25) is 0 Å². The van der Waals surface area contributed by atoms with Crippen molar-refractivity contribution in [2.24, 2.45) is 0 Å². The molecule has 0 saturated carbocycles. The minimum Gasteiger partial charge on any atom is -0.374 e. The predicted molar refractivity (Wildman–Crippen MR) is 74.3 cm³/mol. The van der Waals surface area contributed by atoms with Gasteiger partial charge in [0.15, 0.2) is 0 Å². The summed E-state index contributed by atoms with van der Waals surface area (Å²) < 4.78 is 6.02. The first-order valence-corrected chi connectivity index (χ1v) is 7.18. The molecule has 0 saturated heterocycles. The van der Waals surface area contributed by atoms with Crippen LogP contribution in [-0.2, 0) is 4.74 Å². The van der Waals surface area contributed by atoms with E-state index >= 15 is 0 Å². The molecule has 1 rings (SSSR count). The molecule has 2 atom stereocenters. The molecule has 0 fully saturated rings. The molecule has 1 aliphatic rings. The first kappa shape index (κ1) is 14.7. The van der Waals surface area contributed by atoms with Gasteiger partial charge in [-0.25, -0.2) is 0 Å². The molecular weight excluding hydrogens is 210 g/mol. The van der Waals surface area contributed by atoms with Crippen molar-refractivity contribution < 1.29 is 4.74 Å². The number of hydrogen-bond donors (Lipinski definition) is 1. The van der Waals surface area contributed by atoms with Crippen molar-refractivity contribution in [3.05, 3.63) is 11.6 Å². The van der Waals surface area contributed by atoms with Crippen LogP contribution in [0.4, 0.5) is 0 Å². The fraction of sp³-hybridized carbons (Fsp3) is 0.867. The third kappa shape index (κ3) is 3.82. The fourth-order valence-corrected chi connectivity index (χ4v) is 2.90. The van der Waals surface area contributed by atoms with E-state index in [4.69, 9.17) is 4.74 Å². The fourth-order valence-electron chi connectivity index (χ4n) is 2.90. The van der Waals surface area contributed by atoms with E-state index in [9.17, 15) is 0 Å². The van der Waals surface area contributed by atoms with Crippen LogP contribution in [0.5, 0.6) is 0 Å². The Balaban J connectivity index is 2.83. The molecule has 1 aliphatic carbocycles. The van der Waals surface area contributed by atoms with Gasteiger partial charge in [-0.15, -0.1) is 0 Å². The van der Waals surface area contributed by atoms with E-state index in [-0.39, 0.29) is 5.60 Å². The monoisotopic (exact) mass is 239 g/mol. The van der Waals surface area contributed by atoms with Gasteiger partial charge in [-0.2, -0.15) is 0 Å². The van der Waals surface area contributed by atoms with Crippen LogP contribution in [0.25, 0.3) is 0 Å². The number of rotatable bonds is 6.